The van der Waals surface area contributed by atoms with Crippen molar-refractivity contribution in [3.8, 4) is 39.9 Å². The SMILES string of the molecule is CC1(C)c2ccccc2-c2cc3c4cc(C(=Cc5ccccc5)Cc5ccccc5)ccc4n(-c4nc(-c5ccccc5)nc(-c5ccccc5)n4)c3cc21. The van der Waals surface area contributed by atoms with Gasteiger partial charge in [0.05, 0.1) is 11.0 Å². The molecular weight excluding hydrogens is 669 g/mol. The van der Waals surface area contributed by atoms with E-state index in [2.05, 4.69) is 164 Å². The maximum Gasteiger partial charge on any atom is 0.238 e. The minimum absolute atomic E-state index is 0.169. The Labute approximate surface area is 321 Å². The van der Waals surface area contributed by atoms with Crippen molar-refractivity contribution < 1.29 is 0 Å². The third-order valence-corrected chi connectivity index (χ3v) is 11.1. The zero-order chi connectivity index (χ0) is 36.9. The standard InChI is InChI=1S/C51H38N4/c1-51(2)44-26-16-15-25-40(44)41-32-43-42-31-38(39(29-34-17-7-3-8-18-34)30-35-19-9-4-10-20-35)27-28-46(42)55(47(43)33-45(41)51)50-53-48(36-21-11-5-12-22-36)52-49(54-50)37-23-13-6-14-24-37/h3-29,31-33H,30H2,1-2H3. The minimum Gasteiger partial charge on any atom is -0.278 e. The Balaban J connectivity index is 1.26. The van der Waals surface area contributed by atoms with Gasteiger partial charge in [-0.1, -0.05) is 172 Å². The Morgan fingerprint density at radius 3 is 1.78 bits per heavy atom. The van der Waals surface area contributed by atoms with E-state index in [4.69, 9.17) is 15.0 Å². The monoisotopic (exact) mass is 706 g/mol. The summed E-state index contributed by atoms with van der Waals surface area (Å²) in [4.78, 5) is 15.5. The molecule has 0 unspecified atom stereocenters. The molecule has 4 nitrogen and oxygen atoms in total. The molecule has 10 rings (SSSR count). The predicted molar refractivity (Wildman–Crippen MR) is 227 cm³/mol. The molecule has 0 amide bonds. The molecular formula is C51H38N4. The number of hydrogen-bond acceptors (Lipinski definition) is 3. The van der Waals surface area contributed by atoms with Gasteiger partial charge in [-0.15, -0.1) is 0 Å². The molecule has 0 spiro atoms. The Bertz CT molecular complexity index is 2830. The van der Waals surface area contributed by atoms with Crippen LogP contribution in [0, 0.1) is 0 Å². The fourth-order valence-corrected chi connectivity index (χ4v) is 8.33. The molecule has 2 heterocycles. The topological polar surface area (TPSA) is 43.6 Å². The van der Waals surface area contributed by atoms with Crippen LogP contribution in [0.3, 0.4) is 0 Å². The molecule has 0 atom stereocenters. The van der Waals surface area contributed by atoms with Gasteiger partial charge in [0.25, 0.3) is 0 Å². The van der Waals surface area contributed by atoms with Crippen LogP contribution >= 0.6 is 0 Å². The lowest BCUT2D eigenvalue weighted by Gasteiger charge is -2.21. The van der Waals surface area contributed by atoms with Gasteiger partial charge in [-0.05, 0) is 75.2 Å². The van der Waals surface area contributed by atoms with E-state index in [9.17, 15) is 0 Å². The normalized spacial score (nSPS) is 13.2. The van der Waals surface area contributed by atoms with Gasteiger partial charge in [0, 0.05) is 27.3 Å². The van der Waals surface area contributed by atoms with Gasteiger partial charge in [0.15, 0.2) is 11.6 Å². The summed E-state index contributed by atoms with van der Waals surface area (Å²) >= 11 is 0. The summed E-state index contributed by atoms with van der Waals surface area (Å²) in [6.45, 7) is 4.67. The average Bonchev–Trinajstić information content (AvgIpc) is 3.68. The molecule has 9 aromatic rings. The molecule has 0 aliphatic heterocycles. The zero-order valence-electron chi connectivity index (χ0n) is 30.8. The fourth-order valence-electron chi connectivity index (χ4n) is 8.33. The van der Waals surface area contributed by atoms with Crippen LogP contribution in [0.4, 0.5) is 0 Å². The number of allylic oxidation sites excluding steroid dienone is 1. The first-order chi connectivity index (χ1) is 27.0. The van der Waals surface area contributed by atoms with E-state index in [1.165, 1.54) is 49.9 Å². The van der Waals surface area contributed by atoms with Crippen LogP contribution in [0.15, 0.2) is 176 Å². The van der Waals surface area contributed by atoms with Crippen LogP contribution in [-0.4, -0.2) is 19.5 Å². The lowest BCUT2D eigenvalue weighted by Crippen LogP contribution is -2.15. The van der Waals surface area contributed by atoms with Gasteiger partial charge < -0.3 is 0 Å². The van der Waals surface area contributed by atoms with Crippen molar-refractivity contribution in [1.82, 2.24) is 19.5 Å². The van der Waals surface area contributed by atoms with Crippen molar-refractivity contribution in [1.29, 1.82) is 0 Å². The van der Waals surface area contributed by atoms with Crippen molar-refractivity contribution >= 4 is 33.5 Å². The average molecular weight is 707 g/mol. The molecule has 2 aromatic heterocycles. The lowest BCUT2D eigenvalue weighted by molar-refractivity contribution is 0.661. The zero-order valence-corrected chi connectivity index (χ0v) is 30.8. The molecule has 0 N–H and O–H groups in total. The van der Waals surface area contributed by atoms with Gasteiger partial charge >= 0.3 is 0 Å². The molecule has 1 aliphatic carbocycles. The van der Waals surface area contributed by atoms with Gasteiger partial charge in [0.2, 0.25) is 5.95 Å². The smallest absolute Gasteiger partial charge is 0.238 e. The summed E-state index contributed by atoms with van der Waals surface area (Å²) in [6.07, 6.45) is 3.14. The third kappa shape index (κ3) is 5.75. The highest BCUT2D eigenvalue weighted by Crippen LogP contribution is 2.51. The van der Waals surface area contributed by atoms with E-state index in [1.54, 1.807) is 0 Å². The van der Waals surface area contributed by atoms with Crippen molar-refractivity contribution in [2.75, 3.05) is 0 Å². The molecule has 0 saturated carbocycles. The van der Waals surface area contributed by atoms with Crippen molar-refractivity contribution in [3.63, 3.8) is 0 Å². The summed E-state index contributed by atoms with van der Waals surface area (Å²) in [7, 11) is 0. The van der Waals surface area contributed by atoms with Crippen LogP contribution in [0.25, 0.3) is 73.3 Å². The summed E-state index contributed by atoms with van der Waals surface area (Å²) < 4.78 is 2.26. The molecule has 262 valence electrons. The molecule has 7 aromatic carbocycles. The quantitative estimate of drug-likeness (QED) is 0.155. The number of aromatic nitrogens is 4. The molecule has 0 radical (unpaired) electrons. The fraction of sp³-hybridized carbons (Fsp3) is 0.0784. The summed E-state index contributed by atoms with van der Waals surface area (Å²) in [5.41, 5.74) is 14.0. The van der Waals surface area contributed by atoms with Gasteiger partial charge in [-0.25, -0.2) is 4.98 Å². The van der Waals surface area contributed by atoms with Gasteiger partial charge in [-0.3, -0.25) is 4.57 Å². The summed E-state index contributed by atoms with van der Waals surface area (Å²) in [6, 6.07) is 62.3. The highest BCUT2D eigenvalue weighted by atomic mass is 15.2. The largest absolute Gasteiger partial charge is 0.278 e. The maximum atomic E-state index is 5.24. The molecule has 55 heavy (non-hydrogen) atoms. The predicted octanol–water partition coefficient (Wildman–Crippen LogP) is 12.4. The van der Waals surface area contributed by atoms with E-state index in [-0.39, 0.29) is 5.41 Å². The van der Waals surface area contributed by atoms with Crippen LogP contribution < -0.4 is 0 Å². The summed E-state index contributed by atoms with van der Waals surface area (Å²) in [5, 5.41) is 2.33. The Kier molecular flexibility index (Phi) is 7.85. The van der Waals surface area contributed by atoms with Gasteiger partial charge in [0.1, 0.15) is 0 Å². The van der Waals surface area contributed by atoms with E-state index in [0.717, 1.165) is 34.0 Å². The Hall–Kier alpha value is -6.91. The number of rotatable bonds is 7. The van der Waals surface area contributed by atoms with E-state index in [1.807, 2.05) is 36.4 Å². The van der Waals surface area contributed by atoms with Crippen LogP contribution in [0.5, 0.6) is 0 Å². The number of nitrogens with zero attached hydrogens (tertiary/aromatic N) is 4. The third-order valence-electron chi connectivity index (χ3n) is 11.1. The van der Waals surface area contributed by atoms with Crippen LogP contribution in [0.1, 0.15) is 41.7 Å². The van der Waals surface area contributed by atoms with Crippen LogP contribution in [0.2, 0.25) is 0 Å². The molecule has 4 heteroatoms. The second-order valence-electron chi connectivity index (χ2n) is 14.9. The maximum absolute atomic E-state index is 5.24. The highest BCUT2D eigenvalue weighted by Gasteiger charge is 2.36. The second kappa shape index (κ2) is 13.2. The molecule has 0 saturated heterocycles. The first-order valence-electron chi connectivity index (χ1n) is 18.9. The number of hydrogen-bond donors (Lipinski definition) is 0. The first kappa shape index (κ1) is 32.7. The number of benzene rings is 7. The van der Waals surface area contributed by atoms with Crippen molar-refractivity contribution in [2.45, 2.75) is 25.7 Å². The van der Waals surface area contributed by atoms with Gasteiger partial charge in [-0.2, -0.15) is 9.97 Å². The Morgan fingerprint density at radius 1 is 0.527 bits per heavy atom. The second-order valence-corrected chi connectivity index (χ2v) is 14.9. The Morgan fingerprint density at radius 2 is 1.11 bits per heavy atom. The number of fused-ring (bicyclic) bond motifs is 6. The van der Waals surface area contributed by atoms with E-state index < -0.39 is 0 Å². The molecule has 0 bridgehead atoms. The highest BCUT2D eigenvalue weighted by molar-refractivity contribution is 6.12. The molecule has 1 aliphatic rings. The van der Waals surface area contributed by atoms with E-state index in [0.29, 0.717) is 17.6 Å². The lowest BCUT2D eigenvalue weighted by atomic mass is 9.82. The van der Waals surface area contributed by atoms with Crippen molar-refractivity contribution in [3.05, 3.63) is 204 Å². The van der Waals surface area contributed by atoms with Crippen molar-refractivity contribution in [2.24, 2.45) is 0 Å². The molecule has 0 fully saturated rings. The first-order valence-corrected chi connectivity index (χ1v) is 18.9. The minimum atomic E-state index is -0.169. The summed E-state index contributed by atoms with van der Waals surface area (Å²) in [5.74, 6) is 1.87. The van der Waals surface area contributed by atoms with Crippen LogP contribution in [-0.2, 0) is 11.8 Å². The van der Waals surface area contributed by atoms with E-state index >= 15 is 0 Å².